The van der Waals surface area contributed by atoms with Gasteiger partial charge in [0.1, 0.15) is 11.6 Å². The number of fused-ring (bicyclic) bond motifs is 1. The quantitative estimate of drug-likeness (QED) is 0.475. The molecule has 4 aromatic rings. The average molecular weight is 411 g/mol. The lowest BCUT2D eigenvalue weighted by Crippen LogP contribution is -2.01. The fourth-order valence-electron chi connectivity index (χ4n) is 3.00. The Bertz CT molecular complexity index is 1100. The molecule has 3 heterocycles. The number of nitrogens with zero attached hydrogens (tertiary/aromatic N) is 4. The number of hydrogen-bond acceptors (Lipinski definition) is 4. The summed E-state index contributed by atoms with van der Waals surface area (Å²) in [6, 6.07) is 5.17. The normalized spacial score (nSPS) is 10.3. The molecule has 3 aromatic heterocycles. The van der Waals surface area contributed by atoms with E-state index in [-0.39, 0.29) is 12.4 Å². The van der Waals surface area contributed by atoms with Gasteiger partial charge >= 0.3 is 0 Å². The van der Waals surface area contributed by atoms with E-state index in [0.717, 1.165) is 27.8 Å². The first kappa shape index (κ1) is 23.2. The molecule has 0 aliphatic carbocycles. The molecule has 0 unspecified atom stereocenters. The zero-order chi connectivity index (χ0) is 22.3. The minimum absolute atomic E-state index is 0.175. The summed E-state index contributed by atoms with van der Waals surface area (Å²) in [7, 11) is 1.85. The number of H-pyrrole nitrogens is 1. The van der Waals surface area contributed by atoms with E-state index in [0.29, 0.717) is 17.0 Å². The second kappa shape index (κ2) is 10.6. The van der Waals surface area contributed by atoms with Crippen LogP contribution in [0, 0.1) is 12.7 Å². The minimum Gasteiger partial charge on any atom is -0.336 e. The molecule has 0 spiro atoms. The number of pyridine rings is 1. The van der Waals surface area contributed by atoms with Gasteiger partial charge in [-0.15, -0.1) is 0 Å². The van der Waals surface area contributed by atoms with E-state index in [2.05, 4.69) is 33.9 Å². The average Bonchev–Trinajstić information content (AvgIpc) is 3.37. The zero-order valence-corrected chi connectivity index (χ0v) is 18.6. The number of nitrogens with two attached hydrogens (primary N) is 1. The summed E-state index contributed by atoms with van der Waals surface area (Å²) in [6.45, 7) is 10.4. The third kappa shape index (κ3) is 4.91. The molecule has 160 valence electrons. The fourth-order valence-corrected chi connectivity index (χ4v) is 3.00. The van der Waals surface area contributed by atoms with Gasteiger partial charge in [0.15, 0.2) is 5.65 Å². The maximum Gasteiger partial charge on any atom is 0.178 e. The van der Waals surface area contributed by atoms with Gasteiger partial charge in [-0.1, -0.05) is 40.2 Å². The fraction of sp³-hybridized carbons (Fsp3) is 0.348. The van der Waals surface area contributed by atoms with E-state index < -0.39 is 0 Å². The molecule has 7 heteroatoms. The molecule has 3 N–H and O–H groups in total. The van der Waals surface area contributed by atoms with Gasteiger partial charge in [-0.2, -0.15) is 5.10 Å². The van der Waals surface area contributed by atoms with Gasteiger partial charge in [-0.05, 0) is 30.2 Å². The van der Waals surface area contributed by atoms with Crippen molar-refractivity contribution in [3.63, 3.8) is 0 Å². The molecule has 0 fully saturated rings. The molecule has 30 heavy (non-hydrogen) atoms. The molecule has 0 radical (unpaired) electrons. The molecule has 0 saturated heterocycles. The van der Waals surface area contributed by atoms with Crippen LogP contribution in [0.3, 0.4) is 0 Å². The monoisotopic (exact) mass is 410 g/mol. The van der Waals surface area contributed by atoms with Crippen LogP contribution in [0.2, 0.25) is 0 Å². The highest BCUT2D eigenvalue weighted by atomic mass is 19.1. The Morgan fingerprint density at radius 1 is 1.17 bits per heavy atom. The minimum atomic E-state index is -0.305. The third-order valence-electron chi connectivity index (χ3n) is 4.27. The number of aromatic nitrogens is 5. The van der Waals surface area contributed by atoms with E-state index in [4.69, 9.17) is 5.73 Å². The summed E-state index contributed by atoms with van der Waals surface area (Å²) < 4.78 is 16.0. The summed E-state index contributed by atoms with van der Waals surface area (Å²) >= 11 is 0. The molecule has 6 nitrogen and oxygen atoms in total. The van der Waals surface area contributed by atoms with Gasteiger partial charge in [0.2, 0.25) is 0 Å². The van der Waals surface area contributed by atoms with Crippen molar-refractivity contribution in [1.82, 2.24) is 24.7 Å². The number of rotatable bonds is 3. The Hall–Kier alpha value is -3.06. The Balaban J connectivity index is 0.000000590. The summed E-state index contributed by atoms with van der Waals surface area (Å²) in [5.41, 5.74) is 10.9. The second-order valence-electron chi connectivity index (χ2n) is 6.71. The van der Waals surface area contributed by atoms with Crippen molar-refractivity contribution in [2.75, 3.05) is 0 Å². The van der Waals surface area contributed by atoms with Crippen LogP contribution in [0.5, 0.6) is 0 Å². The topological polar surface area (TPSA) is 85.4 Å². The van der Waals surface area contributed by atoms with Crippen molar-refractivity contribution in [1.29, 1.82) is 0 Å². The van der Waals surface area contributed by atoms with Crippen LogP contribution in [0.4, 0.5) is 4.39 Å². The smallest absolute Gasteiger partial charge is 0.178 e. The molecular weight excluding hydrogens is 379 g/mol. The number of hydrogen-bond donors (Lipinski definition) is 2. The first-order valence-corrected chi connectivity index (χ1v) is 10.3. The SMILES string of the molecule is CC.CCC.Cc1cc(CN)c(F)cc1-c1ccnc2nc(-c3cnn(C)c3)[nH]c12. The van der Waals surface area contributed by atoms with Crippen LogP contribution < -0.4 is 5.73 Å². The van der Waals surface area contributed by atoms with Crippen LogP contribution >= 0.6 is 0 Å². The first-order chi connectivity index (χ1) is 14.5. The Morgan fingerprint density at radius 2 is 1.87 bits per heavy atom. The van der Waals surface area contributed by atoms with Gasteiger partial charge < -0.3 is 10.7 Å². The van der Waals surface area contributed by atoms with Crippen molar-refractivity contribution in [2.45, 2.75) is 47.6 Å². The molecule has 0 amide bonds. The summed E-state index contributed by atoms with van der Waals surface area (Å²) in [6.07, 6.45) is 6.54. The highest BCUT2D eigenvalue weighted by Crippen LogP contribution is 2.31. The van der Waals surface area contributed by atoms with Gasteiger partial charge in [0.05, 0.1) is 17.3 Å². The number of nitrogens with one attached hydrogen (secondary N) is 1. The van der Waals surface area contributed by atoms with Crippen molar-refractivity contribution in [2.24, 2.45) is 12.8 Å². The number of imidazole rings is 1. The summed E-state index contributed by atoms with van der Waals surface area (Å²) in [5.74, 6) is 0.375. The van der Waals surface area contributed by atoms with Crippen molar-refractivity contribution < 1.29 is 4.39 Å². The highest BCUT2D eigenvalue weighted by Gasteiger charge is 2.15. The van der Waals surface area contributed by atoms with E-state index in [9.17, 15) is 4.39 Å². The van der Waals surface area contributed by atoms with Crippen molar-refractivity contribution in [3.05, 3.63) is 53.7 Å². The Kier molecular flexibility index (Phi) is 8.24. The highest BCUT2D eigenvalue weighted by molar-refractivity contribution is 5.92. The van der Waals surface area contributed by atoms with Gasteiger partial charge in [-0.25, -0.2) is 14.4 Å². The summed E-state index contributed by atoms with van der Waals surface area (Å²) in [4.78, 5) is 12.2. The van der Waals surface area contributed by atoms with Crippen LogP contribution in [-0.2, 0) is 13.6 Å². The van der Waals surface area contributed by atoms with E-state index >= 15 is 0 Å². The van der Waals surface area contributed by atoms with Crippen LogP contribution in [0.1, 0.15) is 45.2 Å². The standard InChI is InChI=1S/C18H17FN6.C3H8.C2H6/c1-10-5-11(7-20)15(19)6-14(10)13-3-4-21-18-16(13)23-17(24-18)12-8-22-25(2)9-12;1-3-2;1-2/h3-6,8-9H,7,20H2,1-2H3,(H,21,23,24);3H2,1-2H3;1-2H3. The van der Waals surface area contributed by atoms with E-state index in [1.54, 1.807) is 23.1 Å². The maximum atomic E-state index is 14.3. The molecule has 0 aliphatic heterocycles. The molecule has 0 atom stereocenters. The molecular formula is C23H31FN6. The molecule has 0 aliphatic rings. The van der Waals surface area contributed by atoms with Crippen LogP contribution in [0.15, 0.2) is 36.8 Å². The predicted octanol–water partition coefficient (Wildman–Crippen LogP) is 5.37. The lowest BCUT2D eigenvalue weighted by atomic mass is 9.98. The number of aryl methyl sites for hydroxylation is 2. The van der Waals surface area contributed by atoms with Crippen molar-refractivity contribution >= 4 is 11.2 Å². The number of benzene rings is 1. The molecule has 4 rings (SSSR count). The van der Waals surface area contributed by atoms with E-state index in [1.807, 2.05) is 40.1 Å². The predicted molar refractivity (Wildman–Crippen MR) is 121 cm³/mol. The molecule has 1 aromatic carbocycles. The first-order valence-electron chi connectivity index (χ1n) is 10.3. The van der Waals surface area contributed by atoms with Gasteiger partial charge in [0, 0.05) is 37.1 Å². The van der Waals surface area contributed by atoms with E-state index in [1.165, 1.54) is 12.5 Å². The molecule has 0 saturated carbocycles. The van der Waals surface area contributed by atoms with Crippen LogP contribution in [-0.4, -0.2) is 24.7 Å². The zero-order valence-electron chi connectivity index (χ0n) is 18.6. The number of aromatic amines is 1. The van der Waals surface area contributed by atoms with Crippen LogP contribution in [0.25, 0.3) is 33.7 Å². The second-order valence-corrected chi connectivity index (χ2v) is 6.71. The lowest BCUT2D eigenvalue weighted by molar-refractivity contribution is 0.610. The lowest BCUT2D eigenvalue weighted by Gasteiger charge is -2.10. The number of halogens is 1. The third-order valence-corrected chi connectivity index (χ3v) is 4.27. The summed E-state index contributed by atoms with van der Waals surface area (Å²) in [5, 5.41) is 4.16. The molecule has 0 bridgehead atoms. The maximum absolute atomic E-state index is 14.3. The van der Waals surface area contributed by atoms with Gasteiger partial charge in [0.25, 0.3) is 0 Å². The Morgan fingerprint density at radius 3 is 2.47 bits per heavy atom. The van der Waals surface area contributed by atoms with Gasteiger partial charge in [-0.3, -0.25) is 4.68 Å². The van der Waals surface area contributed by atoms with Crippen molar-refractivity contribution in [3.8, 4) is 22.5 Å². The largest absolute Gasteiger partial charge is 0.336 e. The Labute approximate surface area is 177 Å².